The zero-order valence-electron chi connectivity index (χ0n) is 73.5. The molecule has 4 amide bonds. The molecule has 0 fully saturated rings. The summed E-state index contributed by atoms with van der Waals surface area (Å²) in [6, 6.07) is 3.62. The van der Waals surface area contributed by atoms with Crippen LogP contribution in [0.1, 0.15) is 51.4 Å². The van der Waals surface area contributed by atoms with Gasteiger partial charge in [-0.15, -0.1) is 0 Å². The molecule has 776 valence electrons. The van der Waals surface area contributed by atoms with Crippen LogP contribution in [0, 0.1) is 46.5 Å². The Bertz CT molecular complexity index is 6200. The monoisotopic (exact) mass is 2120 g/mol. The van der Waals surface area contributed by atoms with Gasteiger partial charge >= 0.3 is 49.4 Å². The number of aromatic nitrogens is 16. The Balaban J connectivity index is 0.000000166. The van der Waals surface area contributed by atoms with Gasteiger partial charge in [-0.1, -0.05) is 0 Å². The number of H-pyrrole nitrogens is 1. The number of nitrogens with zero attached hydrogens (tertiary/aromatic N) is 23. The van der Waals surface area contributed by atoms with Gasteiger partial charge in [-0.25, -0.2) is 75.0 Å². The van der Waals surface area contributed by atoms with E-state index in [1.54, 1.807) is 6.20 Å². The topological polar surface area (TPSA) is 279 Å². The summed E-state index contributed by atoms with van der Waals surface area (Å²) in [5.41, 5.74) is -0.537. The van der Waals surface area contributed by atoms with E-state index in [0.29, 0.717) is 43.6 Å². The van der Waals surface area contributed by atoms with Crippen LogP contribution in [0.5, 0.6) is 0 Å². The number of halogens is 33. The third-order valence-corrected chi connectivity index (χ3v) is 21.6. The first-order chi connectivity index (χ1) is 67.4. The molecule has 0 saturated carbocycles. The van der Waals surface area contributed by atoms with Gasteiger partial charge < -0.3 is 44.2 Å². The van der Waals surface area contributed by atoms with E-state index in [4.69, 9.17) is 11.6 Å². The molecule has 0 aliphatic carbocycles. The summed E-state index contributed by atoms with van der Waals surface area (Å²) in [6.45, 7) is -3.78. The fourth-order valence-corrected chi connectivity index (χ4v) is 15.0. The second-order valence-corrected chi connectivity index (χ2v) is 31.8. The molecule has 0 spiro atoms. The molecule has 145 heavy (non-hydrogen) atoms. The normalized spacial score (nSPS) is 16.3. The van der Waals surface area contributed by atoms with Crippen molar-refractivity contribution in [1.82, 2.24) is 78.5 Å². The molecule has 12 heterocycles. The lowest BCUT2D eigenvalue weighted by Gasteiger charge is -2.41. The van der Waals surface area contributed by atoms with Crippen molar-refractivity contribution in [2.45, 2.75) is 125 Å². The average molecular weight is 2120 g/mol. The zero-order valence-corrected chi connectivity index (χ0v) is 74.3. The van der Waals surface area contributed by atoms with Gasteiger partial charge in [0, 0.05) is 128 Å². The van der Waals surface area contributed by atoms with Crippen LogP contribution >= 0.6 is 11.6 Å². The molecule has 61 heteroatoms. The number of hydrogen-bond acceptors (Lipinski definition) is 20. The van der Waals surface area contributed by atoms with E-state index < -0.39 is 221 Å². The molecule has 0 radical (unpaired) electrons. The standard InChI is InChI=1S/3C21H16F8N6O.C12H11ClF6N4O.C9H6F2N2/c3*1-33-15-10-31-19(35-7-5-30-16(35)12-3-2-11(22)8-13(12)23)32-17(15)34(6-4-20(24,25)26)14(18(33)36)9-21(27,28)29;1-22-7-5-20-10(13)21-8(7)23(3-2-11(14,15)16)6(9(22)24)4-12(17,18)19;10-6-1-2-7(8(11)5-6)9-12-3-4-13-9/h3*2-3,5,7-8,10,14H,4,6,9H2,1H3;5-6H,2-4H2,1H3;1-5H,(H,12,13)/t2*14-;;;/m10.../s1. The summed E-state index contributed by atoms with van der Waals surface area (Å²) in [5.74, 6) is -12.8. The number of imidazole rings is 4. The van der Waals surface area contributed by atoms with Crippen molar-refractivity contribution in [3.63, 3.8) is 0 Å². The SMILES string of the molecule is CN1C(=O)C(CC(F)(F)F)N(CCC(F)(F)F)c2nc(-n3ccnc3-c3ccc(F)cc3F)ncc21.CN1C(=O)C(CC(F)(F)F)N(CCC(F)(F)F)c2nc(Cl)ncc21.CN1C(=O)[C@@H](CC(F)(F)F)N(CCC(F)(F)F)c2nc(-n3ccnc3-c3ccc(F)cc3F)ncc21.CN1C(=O)[C@H](CC(F)(F)F)N(CCC(F)(F)F)c2nc(-n3ccnc3-c3ccc(F)cc3F)ncc21.Fc1ccc(-c2ncc[nH]2)c(F)c1. The fraction of sp³-hybridized carbons (Fsp3) is 0.333. The molecule has 4 aromatic carbocycles. The Morgan fingerprint density at radius 2 is 0.545 bits per heavy atom. The highest BCUT2D eigenvalue weighted by atomic mass is 35.5. The van der Waals surface area contributed by atoms with Crippen LogP contribution in [0.15, 0.2) is 147 Å². The van der Waals surface area contributed by atoms with Crippen LogP contribution in [-0.4, -0.2) is 230 Å². The summed E-state index contributed by atoms with van der Waals surface area (Å²) in [7, 11) is 4.67. The van der Waals surface area contributed by atoms with Gasteiger partial charge in [-0.05, 0) is 60.1 Å². The molecule has 4 aliphatic rings. The maximum absolute atomic E-state index is 14.4. The number of anilines is 8. The minimum absolute atomic E-state index is 0.00926. The first-order valence-corrected chi connectivity index (χ1v) is 41.6. The van der Waals surface area contributed by atoms with Crippen LogP contribution in [-0.2, 0) is 19.2 Å². The number of aromatic amines is 1. The lowest BCUT2D eigenvalue weighted by Crippen LogP contribution is -2.55. The van der Waals surface area contributed by atoms with Crippen LogP contribution < -0.4 is 39.2 Å². The molecule has 0 saturated heterocycles. The highest BCUT2D eigenvalue weighted by Crippen LogP contribution is 2.46. The number of hydrogen-bond donors (Lipinski definition) is 1. The molecule has 16 rings (SSSR count). The second-order valence-electron chi connectivity index (χ2n) is 31.4. The van der Waals surface area contributed by atoms with E-state index in [2.05, 4.69) is 64.8 Å². The molecule has 28 nitrogen and oxygen atoms in total. The van der Waals surface area contributed by atoms with E-state index in [-0.39, 0.29) is 109 Å². The number of likely N-dealkylation sites (N-methyl/N-ethyl adjacent to an activating group) is 4. The molecule has 4 atom stereocenters. The van der Waals surface area contributed by atoms with Crippen LogP contribution in [0.25, 0.3) is 63.4 Å². The van der Waals surface area contributed by atoms with Gasteiger partial charge in [0.1, 0.15) is 117 Å². The van der Waals surface area contributed by atoms with Crippen molar-refractivity contribution in [2.24, 2.45) is 0 Å². The largest absolute Gasteiger partial charge is 0.391 e. The predicted octanol–water partition coefficient (Wildman–Crippen LogP) is 19.5. The van der Waals surface area contributed by atoms with Crippen LogP contribution in [0.4, 0.5) is 187 Å². The molecule has 1 N–H and O–H groups in total. The van der Waals surface area contributed by atoms with Gasteiger partial charge in [0.2, 0.25) is 46.8 Å². The smallest absolute Gasteiger partial charge is 0.345 e. The predicted molar refractivity (Wildman–Crippen MR) is 448 cm³/mol. The average Bonchev–Trinajstić information content (AvgIpc) is 1.62. The van der Waals surface area contributed by atoms with Gasteiger partial charge in [0.05, 0.1) is 98.4 Å². The van der Waals surface area contributed by atoms with E-state index in [1.807, 2.05) is 0 Å². The molecule has 4 aliphatic heterocycles. The highest BCUT2D eigenvalue weighted by molar-refractivity contribution is 6.28. The van der Waals surface area contributed by atoms with Gasteiger partial charge in [0.15, 0.2) is 23.3 Å². The summed E-state index contributed by atoms with van der Waals surface area (Å²) in [5, 5.41) is -0.348. The Morgan fingerprint density at radius 1 is 0.303 bits per heavy atom. The Kier molecular flexibility index (Phi) is 32.0. The van der Waals surface area contributed by atoms with E-state index in [9.17, 15) is 160 Å². The Hall–Kier alpha value is -14.8. The number of amides is 4. The van der Waals surface area contributed by atoms with Crippen molar-refractivity contribution >= 4 is 81.3 Å². The van der Waals surface area contributed by atoms with Crippen molar-refractivity contribution in [3.8, 4) is 63.4 Å². The summed E-state index contributed by atoms with van der Waals surface area (Å²) in [6.07, 6.45) is -35.8. The third-order valence-electron chi connectivity index (χ3n) is 21.4. The van der Waals surface area contributed by atoms with Crippen molar-refractivity contribution < 1.29 is 160 Å². The van der Waals surface area contributed by atoms with Crippen molar-refractivity contribution in [1.29, 1.82) is 0 Å². The number of nitrogens with one attached hydrogen (secondary N) is 1. The number of carbonyl (C=O) groups excluding carboxylic acids is 4. The second kappa shape index (κ2) is 42.6. The van der Waals surface area contributed by atoms with E-state index >= 15 is 0 Å². The highest BCUT2D eigenvalue weighted by Gasteiger charge is 2.52. The molecule has 12 aromatic rings. The van der Waals surface area contributed by atoms with Crippen molar-refractivity contribution in [3.05, 3.63) is 199 Å². The number of fused-ring (bicyclic) bond motifs is 4. The lowest BCUT2D eigenvalue weighted by atomic mass is 10.1. The van der Waals surface area contributed by atoms with Gasteiger partial charge in [0.25, 0.3) is 0 Å². The Morgan fingerprint density at radius 3 is 0.772 bits per heavy atom. The first kappa shape index (κ1) is 109. The lowest BCUT2D eigenvalue weighted by molar-refractivity contribution is -0.148. The summed E-state index contributed by atoms with van der Waals surface area (Å²) in [4.78, 5) is 107. The van der Waals surface area contributed by atoms with Crippen LogP contribution in [0.3, 0.4) is 0 Å². The summed E-state index contributed by atoms with van der Waals surface area (Å²) < 4.78 is 424. The minimum Gasteiger partial charge on any atom is -0.345 e. The van der Waals surface area contributed by atoms with E-state index in [0.717, 1.165) is 122 Å². The molecule has 8 aromatic heterocycles. The molecular formula is C84H65ClF32N24O4. The Labute approximate surface area is 797 Å². The van der Waals surface area contributed by atoms with Gasteiger partial charge in [-0.3, -0.25) is 32.9 Å². The maximum Gasteiger partial charge on any atom is 0.391 e. The van der Waals surface area contributed by atoms with Crippen LogP contribution in [0.2, 0.25) is 5.28 Å². The molecule has 0 bridgehead atoms. The number of rotatable bonds is 19. The zero-order chi connectivity index (χ0) is 107. The number of carbonyl (C=O) groups is 4. The van der Waals surface area contributed by atoms with Gasteiger partial charge in [-0.2, -0.15) is 125 Å². The molecule has 2 unspecified atom stereocenters. The van der Waals surface area contributed by atoms with Crippen molar-refractivity contribution in [2.75, 3.05) is 93.6 Å². The fourth-order valence-electron chi connectivity index (χ4n) is 14.9. The maximum atomic E-state index is 14.4. The first-order valence-electron chi connectivity index (χ1n) is 41.2. The number of alkyl halides is 24. The third kappa shape index (κ3) is 27.0. The minimum atomic E-state index is -4.86. The molecular weight excluding hydrogens is 2050 g/mol. The summed E-state index contributed by atoms with van der Waals surface area (Å²) >= 11 is 5.60. The quantitative estimate of drug-likeness (QED) is 0.0581. The number of benzene rings is 4. The van der Waals surface area contributed by atoms with E-state index in [1.165, 1.54) is 62.6 Å².